The first-order valence-electron chi connectivity index (χ1n) is 16.2. The first-order valence-corrected chi connectivity index (χ1v) is 16.2. The lowest BCUT2D eigenvalue weighted by Crippen LogP contribution is -2.48. The first kappa shape index (κ1) is 32.4. The van der Waals surface area contributed by atoms with Crippen LogP contribution in [0.25, 0.3) is 0 Å². The molecule has 5 atom stereocenters. The fourth-order valence-corrected chi connectivity index (χ4v) is 6.57. The van der Waals surface area contributed by atoms with E-state index in [1.165, 1.54) is 38.8 Å². The van der Waals surface area contributed by atoms with Crippen LogP contribution in [0.5, 0.6) is 0 Å². The summed E-state index contributed by atoms with van der Waals surface area (Å²) in [5.74, 6) is -0.336. The Morgan fingerprint density at radius 3 is 2.32 bits per heavy atom. The second-order valence-electron chi connectivity index (χ2n) is 12.2. The zero-order chi connectivity index (χ0) is 30.9. The van der Waals surface area contributed by atoms with Gasteiger partial charge in [0.15, 0.2) is 6.29 Å². The Morgan fingerprint density at radius 2 is 1.61 bits per heavy atom. The number of likely N-dealkylation sites (tertiary alicyclic amines) is 2. The molecule has 2 aromatic rings. The first-order chi connectivity index (χ1) is 21.4. The van der Waals surface area contributed by atoms with E-state index in [-0.39, 0.29) is 37.9 Å². The summed E-state index contributed by atoms with van der Waals surface area (Å²) in [4.78, 5) is 28.8. The van der Waals surface area contributed by atoms with Crippen LogP contribution in [0, 0.1) is 5.92 Å². The van der Waals surface area contributed by atoms with E-state index in [1.807, 2.05) is 36.4 Å². The van der Waals surface area contributed by atoms with Crippen molar-refractivity contribution in [2.45, 2.75) is 77.2 Å². The number of aliphatic hydroxyl groups is 1. The molecule has 0 aromatic heterocycles. The number of hydrogen-bond acceptors (Lipinski definition) is 8. The maximum Gasteiger partial charge on any atom is 0.325 e. The van der Waals surface area contributed by atoms with Crippen molar-refractivity contribution < 1.29 is 28.9 Å². The summed E-state index contributed by atoms with van der Waals surface area (Å²) in [6, 6.07) is 16.1. The molecule has 3 fully saturated rings. The van der Waals surface area contributed by atoms with E-state index >= 15 is 0 Å². The molecular weight excluding hydrogens is 560 g/mol. The molecule has 0 saturated carbocycles. The summed E-state index contributed by atoms with van der Waals surface area (Å²) in [7, 11) is 0. The molecule has 0 spiro atoms. The quantitative estimate of drug-likeness (QED) is 0.311. The van der Waals surface area contributed by atoms with Gasteiger partial charge in [-0.3, -0.25) is 9.69 Å². The summed E-state index contributed by atoms with van der Waals surface area (Å²) in [6.45, 7) is 9.91. The van der Waals surface area contributed by atoms with Crippen LogP contribution in [-0.2, 0) is 32.2 Å². The number of aliphatic hydroxyl groups excluding tert-OH is 1. The molecule has 10 heteroatoms. The van der Waals surface area contributed by atoms with Crippen molar-refractivity contribution in [1.82, 2.24) is 20.4 Å². The van der Waals surface area contributed by atoms with E-state index < -0.39 is 18.3 Å². The monoisotopic (exact) mass is 608 g/mol. The number of benzene rings is 2. The van der Waals surface area contributed by atoms with E-state index in [2.05, 4.69) is 39.5 Å². The van der Waals surface area contributed by atoms with E-state index in [4.69, 9.17) is 14.2 Å². The normalized spacial score (nSPS) is 26.0. The van der Waals surface area contributed by atoms with Gasteiger partial charge in [0.05, 0.1) is 25.4 Å². The van der Waals surface area contributed by atoms with Gasteiger partial charge in [0.2, 0.25) is 0 Å². The number of carbonyl (C=O) groups is 2. The Kier molecular flexibility index (Phi) is 11.6. The van der Waals surface area contributed by atoms with Crippen molar-refractivity contribution in [2.75, 3.05) is 45.9 Å². The molecule has 3 N–H and O–H groups in total. The topological polar surface area (TPSA) is 113 Å². The van der Waals surface area contributed by atoms with Crippen LogP contribution in [0.15, 0.2) is 48.5 Å². The van der Waals surface area contributed by atoms with Crippen molar-refractivity contribution in [3.63, 3.8) is 0 Å². The third kappa shape index (κ3) is 8.57. The van der Waals surface area contributed by atoms with Gasteiger partial charge in [-0.1, -0.05) is 55.5 Å². The highest BCUT2D eigenvalue weighted by atomic mass is 16.7. The van der Waals surface area contributed by atoms with Crippen LogP contribution in [0.3, 0.4) is 0 Å². The maximum atomic E-state index is 12.1. The number of nitrogens with one attached hydrogen (secondary N) is 2. The van der Waals surface area contributed by atoms with Crippen molar-refractivity contribution in [3.8, 4) is 0 Å². The third-order valence-electron chi connectivity index (χ3n) is 9.11. The van der Waals surface area contributed by atoms with Crippen molar-refractivity contribution in [3.05, 3.63) is 70.8 Å². The van der Waals surface area contributed by atoms with Crippen LogP contribution in [0.1, 0.15) is 74.2 Å². The predicted octanol–water partition coefficient (Wildman–Crippen LogP) is 3.89. The fourth-order valence-electron chi connectivity index (χ4n) is 6.57. The van der Waals surface area contributed by atoms with Crippen LogP contribution in [-0.4, -0.2) is 84.9 Å². The summed E-state index contributed by atoms with van der Waals surface area (Å²) < 4.78 is 18.2. The molecule has 5 rings (SSSR count). The number of esters is 1. The minimum atomic E-state index is -0.534. The lowest BCUT2D eigenvalue weighted by Gasteiger charge is -2.43. The number of urea groups is 1. The second kappa shape index (κ2) is 15.8. The van der Waals surface area contributed by atoms with Gasteiger partial charge in [-0.25, -0.2) is 4.79 Å². The molecule has 3 aliphatic heterocycles. The van der Waals surface area contributed by atoms with E-state index in [1.54, 1.807) is 6.92 Å². The van der Waals surface area contributed by atoms with Crippen molar-refractivity contribution in [2.24, 2.45) is 5.92 Å². The van der Waals surface area contributed by atoms with Gasteiger partial charge in [0.25, 0.3) is 0 Å². The van der Waals surface area contributed by atoms with Crippen LogP contribution >= 0.6 is 0 Å². The number of amides is 2. The Labute approximate surface area is 261 Å². The Balaban J connectivity index is 1.25. The summed E-state index contributed by atoms with van der Waals surface area (Å²) >= 11 is 0. The molecule has 0 aliphatic carbocycles. The Morgan fingerprint density at radius 1 is 0.909 bits per heavy atom. The molecule has 0 unspecified atom stereocenters. The largest absolute Gasteiger partial charge is 0.465 e. The summed E-state index contributed by atoms with van der Waals surface area (Å²) in [5.41, 5.74) is 3.79. The van der Waals surface area contributed by atoms with Crippen LogP contribution in [0.4, 0.5) is 4.79 Å². The standard InChI is InChI=1S/C34H48N4O6/c1-3-42-31(40)20-36-34(41)35-19-25-8-14-28(15-9-25)33-43-30(22-38-18-6-7-29(38)21-37-16-4-5-17-37)24(2)32(44-33)27-12-10-26(23-39)11-13-27/h8-15,24,29-30,32-33,39H,3-7,16-23H2,1-2H3,(H2,35,36,41)/t24-,29-,30+,32+,33+/m0/s1. The average molecular weight is 609 g/mol. The van der Waals surface area contributed by atoms with Gasteiger partial charge in [-0.15, -0.1) is 0 Å². The van der Waals surface area contributed by atoms with E-state index in [9.17, 15) is 14.7 Å². The summed E-state index contributed by atoms with van der Waals surface area (Å²) in [5, 5.41) is 14.8. The molecular formula is C34H48N4O6. The SMILES string of the molecule is CCOC(=O)CNC(=O)NCc1ccc([C@@H]2O[C@H](CN3CCC[C@H]3CN3CCCC3)[C@H](C)[C@H](c3ccc(CO)cc3)O2)cc1. The van der Waals surface area contributed by atoms with Gasteiger partial charge in [-0.05, 0) is 68.9 Å². The van der Waals surface area contributed by atoms with Crippen LogP contribution in [0.2, 0.25) is 0 Å². The Hall–Kier alpha value is -3.02. The number of hydrogen-bond donors (Lipinski definition) is 3. The molecule has 3 aliphatic rings. The number of carbonyl (C=O) groups excluding carboxylic acids is 2. The molecule has 3 heterocycles. The van der Waals surface area contributed by atoms with Gasteiger partial charge in [-0.2, -0.15) is 0 Å². The minimum absolute atomic E-state index is 0.0113. The van der Waals surface area contributed by atoms with E-state index in [0.717, 1.165) is 41.9 Å². The zero-order valence-corrected chi connectivity index (χ0v) is 26.1. The molecule has 0 bridgehead atoms. The third-order valence-corrected chi connectivity index (χ3v) is 9.11. The number of ether oxygens (including phenoxy) is 3. The molecule has 3 saturated heterocycles. The summed E-state index contributed by atoms with van der Waals surface area (Å²) in [6.07, 6.45) is 4.37. The molecule has 0 radical (unpaired) electrons. The number of rotatable bonds is 12. The fraction of sp³-hybridized carbons (Fsp3) is 0.588. The zero-order valence-electron chi connectivity index (χ0n) is 26.1. The molecule has 2 amide bonds. The van der Waals surface area contributed by atoms with Crippen LogP contribution < -0.4 is 10.6 Å². The Bertz CT molecular complexity index is 1200. The number of nitrogens with zero attached hydrogens (tertiary/aromatic N) is 2. The predicted molar refractivity (Wildman–Crippen MR) is 167 cm³/mol. The molecule has 10 nitrogen and oxygen atoms in total. The van der Waals surface area contributed by atoms with Crippen molar-refractivity contribution in [1.29, 1.82) is 0 Å². The second-order valence-corrected chi connectivity index (χ2v) is 12.2. The lowest BCUT2D eigenvalue weighted by atomic mass is 9.90. The minimum Gasteiger partial charge on any atom is -0.465 e. The van der Waals surface area contributed by atoms with Gasteiger partial charge < -0.3 is 34.9 Å². The van der Waals surface area contributed by atoms with Gasteiger partial charge in [0, 0.05) is 37.2 Å². The molecule has 2 aromatic carbocycles. The lowest BCUT2D eigenvalue weighted by molar-refractivity contribution is -0.276. The smallest absolute Gasteiger partial charge is 0.325 e. The van der Waals surface area contributed by atoms with E-state index in [0.29, 0.717) is 12.6 Å². The average Bonchev–Trinajstić information content (AvgIpc) is 3.73. The van der Waals surface area contributed by atoms with Crippen molar-refractivity contribution >= 4 is 12.0 Å². The highest BCUT2D eigenvalue weighted by Gasteiger charge is 2.40. The highest BCUT2D eigenvalue weighted by Crippen LogP contribution is 2.42. The molecule has 240 valence electrons. The maximum absolute atomic E-state index is 12.1. The van der Waals surface area contributed by atoms with Gasteiger partial charge >= 0.3 is 12.0 Å². The highest BCUT2D eigenvalue weighted by molar-refractivity contribution is 5.80. The van der Waals surface area contributed by atoms with Gasteiger partial charge in [0.1, 0.15) is 6.54 Å². The molecule has 44 heavy (non-hydrogen) atoms.